The van der Waals surface area contributed by atoms with Crippen LogP contribution in [0.15, 0.2) is 16.6 Å². The first-order valence-electron chi connectivity index (χ1n) is 6.95. The lowest BCUT2D eigenvalue weighted by atomic mass is 10.2. The molecule has 0 aliphatic rings. The van der Waals surface area contributed by atoms with Crippen molar-refractivity contribution in [2.45, 2.75) is 50.9 Å². The van der Waals surface area contributed by atoms with Crippen molar-refractivity contribution >= 4 is 28.1 Å². The summed E-state index contributed by atoms with van der Waals surface area (Å²) >= 11 is 3.61. The minimum absolute atomic E-state index is 0.592. The zero-order valence-electron chi connectivity index (χ0n) is 12.1. The lowest BCUT2D eigenvalue weighted by Crippen LogP contribution is -2.16. The topological polar surface area (TPSA) is 29.3 Å². The quantitative estimate of drug-likeness (QED) is 0.618. The monoisotopic (exact) mass is 297 g/mol. The van der Waals surface area contributed by atoms with Crippen LogP contribution < -0.4 is 5.32 Å². The van der Waals surface area contributed by atoms with Crippen molar-refractivity contribution in [3.8, 4) is 0 Å². The first kappa shape index (κ1) is 14.9. The van der Waals surface area contributed by atoms with Gasteiger partial charge in [-0.05, 0) is 18.9 Å². The summed E-state index contributed by atoms with van der Waals surface area (Å²) < 4.78 is 2.22. The van der Waals surface area contributed by atoms with Crippen LogP contribution in [-0.4, -0.2) is 21.2 Å². The highest BCUT2D eigenvalue weighted by molar-refractivity contribution is 7.99. The second-order valence-electron chi connectivity index (χ2n) is 5.16. The molecule has 2 rings (SSSR count). The third-order valence-corrected chi connectivity index (χ3v) is 5.50. The first-order valence-corrected chi connectivity index (χ1v) is 8.71. The Morgan fingerprint density at radius 3 is 2.89 bits per heavy atom. The SMILES string of the molecule is CCCNCc1c(SC(C)C(C)C)nc2sccn12. The highest BCUT2D eigenvalue weighted by atomic mass is 32.2. The van der Waals surface area contributed by atoms with E-state index in [9.17, 15) is 0 Å². The average molecular weight is 297 g/mol. The van der Waals surface area contributed by atoms with E-state index in [1.165, 1.54) is 10.7 Å². The number of aromatic nitrogens is 2. The summed E-state index contributed by atoms with van der Waals surface area (Å²) in [7, 11) is 0. The van der Waals surface area contributed by atoms with Crippen LogP contribution in [0.5, 0.6) is 0 Å². The molecule has 0 amide bonds. The molecule has 0 spiro atoms. The van der Waals surface area contributed by atoms with E-state index in [4.69, 9.17) is 4.98 Å². The number of rotatable bonds is 7. The van der Waals surface area contributed by atoms with Crippen molar-refractivity contribution in [1.29, 1.82) is 0 Å². The van der Waals surface area contributed by atoms with Crippen LogP contribution in [0, 0.1) is 5.92 Å². The van der Waals surface area contributed by atoms with Gasteiger partial charge in [-0.25, -0.2) is 4.98 Å². The van der Waals surface area contributed by atoms with E-state index in [1.54, 1.807) is 11.3 Å². The van der Waals surface area contributed by atoms with Crippen LogP contribution in [0.25, 0.3) is 4.96 Å². The molecule has 1 N–H and O–H groups in total. The van der Waals surface area contributed by atoms with E-state index >= 15 is 0 Å². The minimum atomic E-state index is 0.592. The van der Waals surface area contributed by atoms with Gasteiger partial charge in [-0.1, -0.05) is 27.7 Å². The average Bonchev–Trinajstić information content (AvgIpc) is 2.92. The fraction of sp³-hybridized carbons (Fsp3) is 0.643. The largest absolute Gasteiger partial charge is 0.311 e. The Labute approximate surface area is 123 Å². The van der Waals surface area contributed by atoms with Gasteiger partial charge in [-0.15, -0.1) is 23.1 Å². The number of fused-ring (bicyclic) bond motifs is 1. The van der Waals surface area contributed by atoms with Gasteiger partial charge >= 0.3 is 0 Å². The Morgan fingerprint density at radius 2 is 2.21 bits per heavy atom. The molecule has 2 aromatic rings. The van der Waals surface area contributed by atoms with Gasteiger partial charge in [-0.3, -0.25) is 4.40 Å². The molecule has 2 aromatic heterocycles. The molecule has 0 saturated carbocycles. The summed E-state index contributed by atoms with van der Waals surface area (Å²) in [6.07, 6.45) is 3.29. The fourth-order valence-electron chi connectivity index (χ4n) is 1.76. The number of nitrogens with one attached hydrogen (secondary N) is 1. The second-order valence-corrected chi connectivity index (χ2v) is 7.40. The minimum Gasteiger partial charge on any atom is -0.311 e. The standard InChI is InChI=1S/C14H23N3S2/c1-5-6-15-9-12-13(19-11(4)10(2)3)16-14-17(12)7-8-18-14/h7-8,10-11,15H,5-6,9H2,1-4H3. The van der Waals surface area contributed by atoms with Gasteiger partial charge in [0.15, 0.2) is 4.96 Å². The van der Waals surface area contributed by atoms with E-state index in [2.05, 4.69) is 49.0 Å². The predicted molar refractivity (Wildman–Crippen MR) is 85.2 cm³/mol. The smallest absolute Gasteiger partial charge is 0.194 e. The van der Waals surface area contributed by atoms with Gasteiger partial charge in [0, 0.05) is 23.4 Å². The number of nitrogens with zero attached hydrogens (tertiary/aromatic N) is 2. The van der Waals surface area contributed by atoms with Crippen LogP contribution >= 0.6 is 23.1 Å². The Balaban J connectivity index is 2.20. The Hall–Kier alpha value is -0.520. The van der Waals surface area contributed by atoms with E-state index in [0.717, 1.165) is 24.5 Å². The van der Waals surface area contributed by atoms with Crippen LogP contribution in [0.1, 0.15) is 39.8 Å². The molecule has 106 valence electrons. The molecule has 5 heteroatoms. The Morgan fingerprint density at radius 1 is 1.42 bits per heavy atom. The first-order chi connectivity index (χ1) is 9.13. The van der Waals surface area contributed by atoms with E-state index < -0.39 is 0 Å². The Kier molecular flexibility index (Phi) is 5.30. The summed E-state index contributed by atoms with van der Waals surface area (Å²) in [4.78, 5) is 5.88. The van der Waals surface area contributed by atoms with E-state index in [-0.39, 0.29) is 0 Å². The maximum atomic E-state index is 4.78. The van der Waals surface area contributed by atoms with Gasteiger partial charge in [0.2, 0.25) is 0 Å². The Bertz CT molecular complexity index is 516. The van der Waals surface area contributed by atoms with Gasteiger partial charge in [0.25, 0.3) is 0 Å². The van der Waals surface area contributed by atoms with Crippen molar-refractivity contribution in [3.63, 3.8) is 0 Å². The summed E-state index contributed by atoms with van der Waals surface area (Å²) in [5.74, 6) is 0.668. The molecule has 0 aliphatic heterocycles. The normalized spacial score (nSPS) is 13.5. The van der Waals surface area contributed by atoms with Gasteiger partial charge < -0.3 is 5.32 Å². The molecule has 0 fully saturated rings. The molecule has 3 nitrogen and oxygen atoms in total. The summed E-state index contributed by atoms with van der Waals surface area (Å²) in [6, 6.07) is 0. The number of hydrogen-bond donors (Lipinski definition) is 1. The van der Waals surface area contributed by atoms with Crippen molar-refractivity contribution < 1.29 is 0 Å². The van der Waals surface area contributed by atoms with E-state index in [1.807, 2.05) is 11.8 Å². The maximum Gasteiger partial charge on any atom is 0.194 e. The highest BCUT2D eigenvalue weighted by Crippen LogP contribution is 2.31. The molecule has 0 radical (unpaired) electrons. The molecule has 2 heterocycles. The molecule has 0 bridgehead atoms. The maximum absolute atomic E-state index is 4.78. The molecular weight excluding hydrogens is 274 g/mol. The summed E-state index contributed by atoms with van der Waals surface area (Å²) in [5.41, 5.74) is 1.31. The van der Waals surface area contributed by atoms with Gasteiger partial charge in [0.1, 0.15) is 5.03 Å². The van der Waals surface area contributed by atoms with Crippen molar-refractivity contribution in [3.05, 3.63) is 17.3 Å². The summed E-state index contributed by atoms with van der Waals surface area (Å²) in [6.45, 7) is 11.0. The van der Waals surface area contributed by atoms with Crippen molar-refractivity contribution in [1.82, 2.24) is 14.7 Å². The van der Waals surface area contributed by atoms with Gasteiger partial charge in [-0.2, -0.15) is 0 Å². The zero-order valence-corrected chi connectivity index (χ0v) is 13.8. The number of thiazole rings is 1. The third kappa shape index (κ3) is 3.52. The molecule has 1 unspecified atom stereocenters. The number of thioether (sulfide) groups is 1. The summed E-state index contributed by atoms with van der Waals surface area (Å²) in [5, 5.41) is 7.38. The molecule has 0 saturated heterocycles. The van der Waals surface area contributed by atoms with Crippen LogP contribution in [0.2, 0.25) is 0 Å². The number of imidazole rings is 1. The highest BCUT2D eigenvalue weighted by Gasteiger charge is 2.17. The third-order valence-electron chi connectivity index (χ3n) is 3.28. The van der Waals surface area contributed by atoms with Crippen LogP contribution in [-0.2, 0) is 6.54 Å². The van der Waals surface area contributed by atoms with E-state index in [0.29, 0.717) is 11.2 Å². The molecule has 1 atom stereocenters. The lowest BCUT2D eigenvalue weighted by molar-refractivity contribution is 0.637. The van der Waals surface area contributed by atoms with Crippen LogP contribution in [0.3, 0.4) is 0 Å². The molecule has 0 aromatic carbocycles. The molecular formula is C14H23N3S2. The van der Waals surface area contributed by atoms with Crippen LogP contribution in [0.4, 0.5) is 0 Å². The predicted octanol–water partition coefficient (Wildman–Crippen LogP) is 4.03. The van der Waals surface area contributed by atoms with Crippen molar-refractivity contribution in [2.75, 3.05) is 6.54 Å². The molecule has 19 heavy (non-hydrogen) atoms. The number of hydrogen-bond acceptors (Lipinski definition) is 4. The fourth-order valence-corrected chi connectivity index (χ4v) is 3.62. The lowest BCUT2D eigenvalue weighted by Gasteiger charge is -2.14. The van der Waals surface area contributed by atoms with Crippen molar-refractivity contribution in [2.24, 2.45) is 5.92 Å². The zero-order chi connectivity index (χ0) is 13.8. The molecule has 0 aliphatic carbocycles. The second kappa shape index (κ2) is 6.77. The van der Waals surface area contributed by atoms with Gasteiger partial charge in [0.05, 0.1) is 5.69 Å².